The Hall–Kier alpha value is -2.75. The van der Waals surface area contributed by atoms with Crippen molar-refractivity contribution in [2.75, 3.05) is 6.61 Å². The molecule has 130 valence electrons. The summed E-state index contributed by atoms with van der Waals surface area (Å²) in [4.78, 5) is 12.3. The highest BCUT2D eigenvalue weighted by Gasteiger charge is 2.35. The van der Waals surface area contributed by atoms with E-state index in [2.05, 4.69) is 10.3 Å². The topological polar surface area (TPSA) is 131 Å². The maximum atomic E-state index is 12.3. The Kier molecular flexibility index (Phi) is 3.75. The zero-order valence-electron chi connectivity index (χ0n) is 12.9. The minimum Gasteiger partial charge on any atom is -0.501 e. The van der Waals surface area contributed by atoms with E-state index < -0.39 is 29.6 Å². The third kappa shape index (κ3) is 2.58. The molecule has 3 aromatic rings. The summed E-state index contributed by atoms with van der Waals surface area (Å²) in [6.07, 6.45) is -0.423. The maximum Gasteiger partial charge on any atom is 0.235 e. The molecule has 1 aromatic carbocycles. The average Bonchev–Trinajstić information content (AvgIpc) is 3.24. The first-order chi connectivity index (χ1) is 12.1. The molecule has 0 spiro atoms. The van der Waals surface area contributed by atoms with E-state index in [1.807, 2.05) is 0 Å². The maximum absolute atomic E-state index is 12.3. The fourth-order valence-corrected chi connectivity index (χ4v) is 2.87. The zero-order valence-corrected chi connectivity index (χ0v) is 12.9. The molecule has 2 aromatic heterocycles. The van der Waals surface area contributed by atoms with Gasteiger partial charge in [-0.1, -0.05) is 17.3 Å². The monoisotopic (exact) mass is 345 g/mol. The number of fused-ring (bicyclic) bond motifs is 1. The average molecular weight is 345 g/mol. The van der Waals surface area contributed by atoms with Crippen molar-refractivity contribution in [3.63, 3.8) is 0 Å². The van der Waals surface area contributed by atoms with Crippen molar-refractivity contribution in [2.45, 2.75) is 24.9 Å². The largest absolute Gasteiger partial charge is 0.501 e. The molecule has 0 bridgehead atoms. The van der Waals surface area contributed by atoms with E-state index in [0.717, 1.165) is 0 Å². The number of hydrogen-bond donors (Lipinski definition) is 3. The lowest BCUT2D eigenvalue weighted by atomic mass is 10.2. The first-order valence-corrected chi connectivity index (χ1v) is 7.70. The van der Waals surface area contributed by atoms with Crippen molar-refractivity contribution in [1.82, 2.24) is 15.0 Å². The molecule has 25 heavy (non-hydrogen) atoms. The molecule has 0 aliphatic carbocycles. The summed E-state index contributed by atoms with van der Waals surface area (Å²) >= 11 is 0. The van der Waals surface area contributed by atoms with Crippen LogP contribution in [0.25, 0.3) is 22.4 Å². The number of benzene rings is 1. The molecule has 3 heterocycles. The Balaban J connectivity index is 1.72. The fraction of sp³-hybridized carbons (Fsp3) is 0.312. The first-order valence-electron chi connectivity index (χ1n) is 7.70. The number of aliphatic hydroxyl groups excluding tert-OH is 2. The summed E-state index contributed by atoms with van der Waals surface area (Å²) < 4.78 is 12.4. The third-order valence-corrected chi connectivity index (χ3v) is 4.20. The summed E-state index contributed by atoms with van der Waals surface area (Å²) in [5.41, 5.74) is -0.0760. The van der Waals surface area contributed by atoms with Crippen LogP contribution >= 0.6 is 0 Å². The molecule has 0 unspecified atom stereocenters. The van der Waals surface area contributed by atoms with Gasteiger partial charge in [0.1, 0.15) is 11.7 Å². The van der Waals surface area contributed by atoms with Crippen LogP contribution in [0, 0.1) is 0 Å². The van der Waals surface area contributed by atoms with E-state index in [0.29, 0.717) is 5.58 Å². The van der Waals surface area contributed by atoms with Crippen LogP contribution < -0.4 is 5.43 Å². The van der Waals surface area contributed by atoms with Crippen LogP contribution in [-0.4, -0.2) is 49.1 Å². The fourth-order valence-electron chi connectivity index (χ4n) is 2.87. The third-order valence-electron chi connectivity index (χ3n) is 4.20. The molecular formula is C16H15N3O6. The molecular weight excluding hydrogens is 330 g/mol. The van der Waals surface area contributed by atoms with Gasteiger partial charge in [0.25, 0.3) is 0 Å². The Labute approximate surface area is 140 Å². The van der Waals surface area contributed by atoms with Gasteiger partial charge in [-0.2, -0.15) is 0 Å². The lowest BCUT2D eigenvalue weighted by molar-refractivity contribution is -0.0489. The minimum atomic E-state index is -0.811. The predicted molar refractivity (Wildman–Crippen MR) is 84.8 cm³/mol. The number of ether oxygens (including phenoxy) is 1. The van der Waals surface area contributed by atoms with Crippen LogP contribution in [0.4, 0.5) is 0 Å². The van der Waals surface area contributed by atoms with Crippen molar-refractivity contribution in [1.29, 1.82) is 0 Å². The van der Waals surface area contributed by atoms with Crippen molar-refractivity contribution in [3.8, 4) is 17.2 Å². The van der Waals surface area contributed by atoms with Crippen molar-refractivity contribution in [3.05, 3.63) is 40.7 Å². The van der Waals surface area contributed by atoms with E-state index in [4.69, 9.17) is 14.3 Å². The quantitative estimate of drug-likeness (QED) is 0.622. The summed E-state index contributed by atoms with van der Waals surface area (Å²) in [5.74, 6) is -0.640. The van der Waals surface area contributed by atoms with Gasteiger partial charge in [-0.15, -0.1) is 5.10 Å². The molecule has 0 amide bonds. The second kappa shape index (κ2) is 5.96. The number of aromatic nitrogens is 3. The van der Waals surface area contributed by atoms with Crippen LogP contribution in [0.2, 0.25) is 0 Å². The van der Waals surface area contributed by atoms with Crippen LogP contribution in [0.3, 0.4) is 0 Å². The Morgan fingerprint density at radius 3 is 2.88 bits per heavy atom. The summed E-state index contributed by atoms with van der Waals surface area (Å²) in [6, 6.07) is 6.57. The van der Waals surface area contributed by atoms with E-state index in [1.54, 1.807) is 24.3 Å². The Morgan fingerprint density at radius 2 is 2.12 bits per heavy atom. The van der Waals surface area contributed by atoms with Gasteiger partial charge in [-0.3, -0.25) is 4.79 Å². The summed E-state index contributed by atoms with van der Waals surface area (Å²) in [5, 5.41) is 37.2. The van der Waals surface area contributed by atoms with E-state index in [1.165, 1.54) is 10.9 Å². The molecule has 1 aliphatic rings. The van der Waals surface area contributed by atoms with Crippen LogP contribution in [0.5, 0.6) is 5.75 Å². The molecule has 4 rings (SSSR count). The molecule has 1 fully saturated rings. The van der Waals surface area contributed by atoms with Gasteiger partial charge in [0.2, 0.25) is 16.9 Å². The van der Waals surface area contributed by atoms with E-state index in [9.17, 15) is 15.0 Å². The number of hydrogen-bond acceptors (Lipinski definition) is 8. The highest BCUT2D eigenvalue weighted by Crippen LogP contribution is 2.31. The SMILES string of the molecule is O=c1c(O)c(-c2cn([C@H]3C[C@H](O)[C@@H](CO)O3)nn2)oc2ccccc12. The number of para-hydroxylation sites is 1. The van der Waals surface area contributed by atoms with E-state index >= 15 is 0 Å². The normalized spacial score (nSPS) is 23.4. The summed E-state index contributed by atoms with van der Waals surface area (Å²) in [7, 11) is 0. The van der Waals surface area contributed by atoms with Crippen molar-refractivity contribution < 1.29 is 24.5 Å². The van der Waals surface area contributed by atoms with Gasteiger partial charge in [-0.25, -0.2) is 4.68 Å². The lowest BCUT2D eigenvalue weighted by Gasteiger charge is -2.11. The number of aliphatic hydroxyl groups is 2. The number of rotatable bonds is 3. The summed E-state index contributed by atoms with van der Waals surface area (Å²) in [6.45, 7) is -0.306. The highest BCUT2D eigenvalue weighted by atomic mass is 16.5. The first kappa shape index (κ1) is 15.8. The Bertz CT molecular complexity index is 981. The Morgan fingerprint density at radius 1 is 1.32 bits per heavy atom. The molecule has 1 aliphatic heterocycles. The second-order valence-electron chi connectivity index (χ2n) is 5.80. The molecule has 0 saturated carbocycles. The molecule has 1 saturated heterocycles. The van der Waals surface area contributed by atoms with Crippen molar-refractivity contribution in [2.24, 2.45) is 0 Å². The lowest BCUT2D eigenvalue weighted by Crippen LogP contribution is -2.24. The van der Waals surface area contributed by atoms with Crippen LogP contribution in [0.15, 0.2) is 39.7 Å². The van der Waals surface area contributed by atoms with Gasteiger partial charge >= 0.3 is 0 Å². The van der Waals surface area contributed by atoms with Crippen LogP contribution in [-0.2, 0) is 4.74 Å². The molecule has 9 heteroatoms. The van der Waals surface area contributed by atoms with Crippen LogP contribution in [0.1, 0.15) is 12.6 Å². The smallest absolute Gasteiger partial charge is 0.235 e. The molecule has 0 radical (unpaired) electrons. The van der Waals surface area contributed by atoms with Gasteiger partial charge in [-0.05, 0) is 12.1 Å². The van der Waals surface area contributed by atoms with E-state index in [-0.39, 0.29) is 29.9 Å². The predicted octanol–water partition coefficient (Wildman–Crippen LogP) is 0.398. The minimum absolute atomic E-state index is 0.0906. The van der Waals surface area contributed by atoms with Gasteiger partial charge in [0.05, 0.1) is 24.3 Å². The van der Waals surface area contributed by atoms with Gasteiger partial charge in [0, 0.05) is 6.42 Å². The second-order valence-corrected chi connectivity index (χ2v) is 5.80. The van der Waals surface area contributed by atoms with Gasteiger partial charge in [0.15, 0.2) is 11.9 Å². The standard InChI is InChI=1S/C16H15N3O6/c20-7-12-10(21)5-13(24-12)19-6-9(17-18-19)16-15(23)14(22)8-3-1-2-4-11(8)25-16/h1-4,6,10,12-13,20-21,23H,5,7H2/t10-,12+,13+/m0/s1. The number of nitrogens with zero attached hydrogens (tertiary/aromatic N) is 3. The zero-order chi connectivity index (χ0) is 17.6. The van der Waals surface area contributed by atoms with Gasteiger partial charge < -0.3 is 24.5 Å². The molecule has 3 N–H and O–H groups in total. The molecule has 3 atom stereocenters. The highest BCUT2D eigenvalue weighted by molar-refractivity contribution is 5.80. The van der Waals surface area contributed by atoms with Crippen molar-refractivity contribution >= 4 is 11.0 Å². The number of aromatic hydroxyl groups is 1. The molecule has 9 nitrogen and oxygen atoms in total.